The van der Waals surface area contributed by atoms with E-state index >= 15 is 4.39 Å². The second-order valence-corrected chi connectivity index (χ2v) is 11.5. The van der Waals surface area contributed by atoms with E-state index < -0.39 is 12.2 Å². The molecule has 2 fully saturated rings. The summed E-state index contributed by atoms with van der Waals surface area (Å²) in [6.07, 6.45) is 8.82. The van der Waals surface area contributed by atoms with Gasteiger partial charge in [0.15, 0.2) is 0 Å². The zero-order chi connectivity index (χ0) is 27.5. The van der Waals surface area contributed by atoms with Crippen molar-refractivity contribution in [1.82, 2.24) is 19.7 Å². The molecule has 8 nitrogen and oxygen atoms in total. The molecule has 2 saturated heterocycles. The minimum atomic E-state index is -0.873. The Balaban J connectivity index is 1.05. The van der Waals surface area contributed by atoms with Crippen molar-refractivity contribution in [3.8, 4) is 5.75 Å². The van der Waals surface area contributed by atoms with Crippen LogP contribution in [0, 0.1) is 5.92 Å². The molecule has 2 aromatic heterocycles. The third kappa shape index (κ3) is 5.46. The van der Waals surface area contributed by atoms with Gasteiger partial charge in [-0.25, -0.2) is 9.37 Å². The first kappa shape index (κ1) is 27.1. The number of aryl methyl sites for hydroxylation is 1. The summed E-state index contributed by atoms with van der Waals surface area (Å²) in [4.78, 5) is 19.4. The number of likely N-dealkylation sites (tertiary alicyclic amines) is 1. The summed E-state index contributed by atoms with van der Waals surface area (Å²) in [5.74, 6) is 1.79. The summed E-state index contributed by atoms with van der Waals surface area (Å²) in [5, 5.41) is 9.06. The average molecular weight is 550 g/mol. The maximum Gasteiger partial charge on any atom is 0.141 e. The molecule has 9 heteroatoms. The van der Waals surface area contributed by atoms with E-state index in [0.29, 0.717) is 19.6 Å². The molecular formula is C31H40FN5O3. The standard InChI is InChI=1S/C31H40FN5O3/c1-39-29-16-23(35-31-26(29)9-5-13-33-31)7-2-3-10-27(32)22-11-14-36(18-22)28(19-38)25-8-4-6-21-17-34-37(30(21)25)24-12-15-40-20-24/h4,6,8,16-17,19,22,24,27-28H,2-3,5,7,9-15,18,20H2,1H3,(H,33,35)/t22-,24+,27+,28-/m1/s1. The molecule has 214 valence electrons. The summed E-state index contributed by atoms with van der Waals surface area (Å²) < 4.78 is 28.6. The number of hydrogen-bond acceptors (Lipinski definition) is 7. The molecule has 4 atom stereocenters. The summed E-state index contributed by atoms with van der Waals surface area (Å²) in [5.41, 5.74) is 4.11. The van der Waals surface area contributed by atoms with Crippen molar-refractivity contribution in [2.45, 2.75) is 69.6 Å². The first-order valence-electron chi connectivity index (χ1n) is 14.8. The van der Waals surface area contributed by atoms with Crippen LogP contribution in [0.4, 0.5) is 10.2 Å². The quantitative estimate of drug-likeness (QED) is 0.264. The summed E-state index contributed by atoms with van der Waals surface area (Å²) in [7, 11) is 1.71. The predicted octanol–water partition coefficient (Wildman–Crippen LogP) is 5.07. The molecule has 0 saturated carbocycles. The number of rotatable bonds is 11. The van der Waals surface area contributed by atoms with Gasteiger partial charge in [-0.15, -0.1) is 0 Å². The molecule has 1 N–H and O–H groups in total. The number of nitrogens with zero attached hydrogens (tertiary/aromatic N) is 4. The minimum absolute atomic E-state index is 0.0547. The smallest absolute Gasteiger partial charge is 0.141 e. The van der Waals surface area contributed by atoms with Crippen molar-refractivity contribution < 1.29 is 18.7 Å². The number of pyridine rings is 1. The fraction of sp³-hybridized carbons (Fsp3) is 0.581. The van der Waals surface area contributed by atoms with Crippen molar-refractivity contribution in [3.05, 3.63) is 47.3 Å². The highest BCUT2D eigenvalue weighted by Gasteiger charge is 2.35. The molecule has 0 aliphatic carbocycles. The first-order valence-corrected chi connectivity index (χ1v) is 14.8. The Morgan fingerprint density at radius 3 is 3.05 bits per heavy atom. The Hall–Kier alpha value is -3.04. The Morgan fingerprint density at radius 2 is 2.23 bits per heavy atom. The van der Waals surface area contributed by atoms with E-state index in [9.17, 15) is 4.79 Å². The highest BCUT2D eigenvalue weighted by Crippen LogP contribution is 2.36. The highest BCUT2D eigenvalue weighted by molar-refractivity contribution is 5.85. The average Bonchev–Trinajstić information content (AvgIpc) is 3.76. The second kappa shape index (κ2) is 12.2. The van der Waals surface area contributed by atoms with E-state index in [1.165, 1.54) is 0 Å². The number of aromatic nitrogens is 3. The van der Waals surface area contributed by atoms with Crippen LogP contribution in [0.1, 0.15) is 67.4 Å². The second-order valence-electron chi connectivity index (χ2n) is 11.5. The van der Waals surface area contributed by atoms with Gasteiger partial charge in [-0.3, -0.25) is 9.58 Å². The van der Waals surface area contributed by atoms with E-state index in [2.05, 4.69) is 15.3 Å². The molecule has 6 rings (SSSR count). The van der Waals surface area contributed by atoms with Crippen molar-refractivity contribution in [3.63, 3.8) is 0 Å². The number of anilines is 1. The molecule has 0 radical (unpaired) electrons. The lowest BCUT2D eigenvalue weighted by Crippen LogP contribution is -2.30. The van der Waals surface area contributed by atoms with E-state index in [1.807, 2.05) is 35.1 Å². The molecule has 3 aliphatic heterocycles. The number of alkyl halides is 1. The molecule has 0 bridgehead atoms. The van der Waals surface area contributed by atoms with E-state index in [4.69, 9.17) is 14.5 Å². The molecule has 3 aliphatic rings. The van der Waals surface area contributed by atoms with Crippen molar-refractivity contribution in [1.29, 1.82) is 0 Å². The zero-order valence-electron chi connectivity index (χ0n) is 23.4. The number of methoxy groups -OCH3 is 1. The summed E-state index contributed by atoms with van der Waals surface area (Å²) in [6, 6.07) is 7.86. The maximum absolute atomic E-state index is 15.4. The maximum atomic E-state index is 15.4. The van der Waals surface area contributed by atoms with E-state index in [-0.39, 0.29) is 12.0 Å². The number of fused-ring (bicyclic) bond motifs is 2. The lowest BCUT2D eigenvalue weighted by Gasteiger charge is -2.25. The molecule has 40 heavy (non-hydrogen) atoms. The van der Waals surface area contributed by atoms with Gasteiger partial charge in [-0.1, -0.05) is 24.6 Å². The number of benzene rings is 1. The van der Waals surface area contributed by atoms with Gasteiger partial charge >= 0.3 is 0 Å². The van der Waals surface area contributed by atoms with Gasteiger partial charge in [0, 0.05) is 53.9 Å². The predicted molar refractivity (Wildman–Crippen MR) is 153 cm³/mol. The lowest BCUT2D eigenvalue weighted by molar-refractivity contribution is -0.112. The van der Waals surface area contributed by atoms with Crippen LogP contribution < -0.4 is 10.1 Å². The highest BCUT2D eigenvalue weighted by atomic mass is 19.1. The largest absolute Gasteiger partial charge is 0.496 e. The number of unbranched alkanes of at least 4 members (excludes halogenated alkanes) is 1. The molecule has 0 amide bonds. The van der Waals surface area contributed by atoms with Crippen LogP contribution in [-0.2, 0) is 22.4 Å². The number of hydrogen-bond donors (Lipinski definition) is 1. The number of para-hydroxylation sites is 1. The van der Waals surface area contributed by atoms with Gasteiger partial charge in [0.25, 0.3) is 0 Å². The van der Waals surface area contributed by atoms with Crippen LogP contribution in [0.25, 0.3) is 10.9 Å². The summed E-state index contributed by atoms with van der Waals surface area (Å²) >= 11 is 0. The number of ether oxygens (including phenoxy) is 2. The number of carbonyl (C=O) groups excluding carboxylic acids is 1. The molecule has 3 aromatic rings. The van der Waals surface area contributed by atoms with Gasteiger partial charge < -0.3 is 19.6 Å². The normalized spacial score (nSPS) is 22.6. The fourth-order valence-electron chi connectivity index (χ4n) is 6.73. The van der Waals surface area contributed by atoms with Crippen LogP contribution in [0.15, 0.2) is 30.5 Å². The number of carbonyl (C=O) groups is 1. The number of aldehydes is 1. The fourth-order valence-corrected chi connectivity index (χ4v) is 6.73. The Bertz CT molecular complexity index is 1310. The molecule has 5 heterocycles. The zero-order valence-corrected chi connectivity index (χ0v) is 23.4. The van der Waals surface area contributed by atoms with Gasteiger partial charge in [0.05, 0.1) is 37.5 Å². The Labute approximate surface area is 235 Å². The molecule has 1 aromatic carbocycles. The van der Waals surface area contributed by atoms with Crippen LogP contribution in [0.2, 0.25) is 0 Å². The Morgan fingerprint density at radius 1 is 1.30 bits per heavy atom. The van der Waals surface area contributed by atoms with E-state index in [0.717, 1.165) is 110 Å². The monoisotopic (exact) mass is 549 g/mol. The van der Waals surface area contributed by atoms with Crippen molar-refractivity contribution in [2.75, 3.05) is 45.3 Å². The van der Waals surface area contributed by atoms with Crippen LogP contribution in [0.5, 0.6) is 5.75 Å². The summed E-state index contributed by atoms with van der Waals surface area (Å²) in [6.45, 7) is 3.62. The topological polar surface area (TPSA) is 81.5 Å². The van der Waals surface area contributed by atoms with Crippen LogP contribution in [0.3, 0.4) is 0 Å². The number of halogens is 1. The SMILES string of the molecule is COc1cc(CCCC[C@H](F)[C@@H]2CCN([C@H](C=O)c3cccc4cnn([C@H]5CCOC5)c34)C2)nc2c1CCCN2. The van der Waals surface area contributed by atoms with Crippen molar-refractivity contribution >= 4 is 23.0 Å². The molecule has 0 spiro atoms. The third-order valence-electron chi connectivity index (χ3n) is 8.92. The van der Waals surface area contributed by atoms with Gasteiger partial charge in [-0.05, 0) is 51.5 Å². The third-order valence-corrected chi connectivity index (χ3v) is 8.92. The number of nitrogens with one attached hydrogen (secondary N) is 1. The molecule has 0 unspecified atom stereocenters. The van der Waals surface area contributed by atoms with Gasteiger partial charge in [-0.2, -0.15) is 5.10 Å². The van der Waals surface area contributed by atoms with Crippen LogP contribution in [-0.4, -0.2) is 72.1 Å². The molecular weight excluding hydrogens is 509 g/mol. The van der Waals surface area contributed by atoms with Gasteiger partial charge in [0.1, 0.15) is 24.0 Å². The van der Waals surface area contributed by atoms with Crippen molar-refractivity contribution in [2.24, 2.45) is 5.92 Å². The van der Waals surface area contributed by atoms with Gasteiger partial charge in [0.2, 0.25) is 0 Å². The first-order chi connectivity index (χ1) is 19.7. The van der Waals surface area contributed by atoms with E-state index in [1.54, 1.807) is 7.11 Å². The lowest BCUT2D eigenvalue weighted by atomic mass is 9.97. The minimum Gasteiger partial charge on any atom is -0.496 e. The van der Waals surface area contributed by atoms with Crippen LogP contribution >= 0.6 is 0 Å². The Kier molecular flexibility index (Phi) is 8.30.